The lowest BCUT2D eigenvalue weighted by Gasteiger charge is -2.03. The van der Waals surface area contributed by atoms with Gasteiger partial charge in [0.15, 0.2) is 0 Å². The SMILES string of the molecule is c1ccc(-c2cccc(-c3ccncc3)n2)nc1. The van der Waals surface area contributed by atoms with Crippen molar-refractivity contribution in [3.63, 3.8) is 0 Å². The van der Waals surface area contributed by atoms with Crippen LogP contribution in [0.25, 0.3) is 22.6 Å². The van der Waals surface area contributed by atoms with Gasteiger partial charge in [-0.1, -0.05) is 12.1 Å². The lowest BCUT2D eigenvalue weighted by Crippen LogP contribution is -1.89. The van der Waals surface area contributed by atoms with Gasteiger partial charge in [0.25, 0.3) is 0 Å². The van der Waals surface area contributed by atoms with Gasteiger partial charge in [-0.2, -0.15) is 0 Å². The van der Waals surface area contributed by atoms with E-state index in [-0.39, 0.29) is 0 Å². The average molecular weight is 233 g/mol. The van der Waals surface area contributed by atoms with Crippen LogP contribution in [0.1, 0.15) is 0 Å². The Kier molecular flexibility index (Phi) is 2.80. The van der Waals surface area contributed by atoms with Crippen LogP contribution in [0.15, 0.2) is 67.1 Å². The predicted molar refractivity (Wildman–Crippen MR) is 70.7 cm³/mol. The van der Waals surface area contributed by atoms with Crippen LogP contribution in [0.3, 0.4) is 0 Å². The van der Waals surface area contributed by atoms with E-state index in [1.807, 2.05) is 48.5 Å². The van der Waals surface area contributed by atoms with Gasteiger partial charge in [-0.25, -0.2) is 4.98 Å². The zero-order valence-electron chi connectivity index (χ0n) is 9.69. The second-order valence-electron chi connectivity index (χ2n) is 3.86. The third-order valence-electron chi connectivity index (χ3n) is 2.65. The number of hydrogen-bond acceptors (Lipinski definition) is 3. The van der Waals surface area contributed by atoms with E-state index in [4.69, 9.17) is 0 Å². The van der Waals surface area contributed by atoms with Crippen LogP contribution in [0, 0.1) is 0 Å². The molecular formula is C15H11N3. The van der Waals surface area contributed by atoms with Crippen LogP contribution in [0.2, 0.25) is 0 Å². The summed E-state index contributed by atoms with van der Waals surface area (Å²) >= 11 is 0. The van der Waals surface area contributed by atoms with Crippen LogP contribution in [0.5, 0.6) is 0 Å². The molecule has 0 aliphatic carbocycles. The molecule has 0 unspecified atom stereocenters. The van der Waals surface area contributed by atoms with E-state index in [1.54, 1.807) is 18.6 Å². The number of pyridine rings is 3. The molecule has 0 aliphatic rings. The molecule has 0 amide bonds. The maximum atomic E-state index is 4.62. The van der Waals surface area contributed by atoms with E-state index in [0.29, 0.717) is 0 Å². The van der Waals surface area contributed by atoms with Crippen molar-refractivity contribution < 1.29 is 0 Å². The molecule has 0 aliphatic heterocycles. The molecule has 0 bridgehead atoms. The molecule has 18 heavy (non-hydrogen) atoms. The Bertz CT molecular complexity index is 581. The molecule has 3 nitrogen and oxygen atoms in total. The lowest BCUT2D eigenvalue weighted by atomic mass is 10.1. The summed E-state index contributed by atoms with van der Waals surface area (Å²) in [5.41, 5.74) is 3.75. The summed E-state index contributed by atoms with van der Waals surface area (Å²) in [6.07, 6.45) is 5.31. The Morgan fingerprint density at radius 2 is 1.39 bits per heavy atom. The highest BCUT2D eigenvalue weighted by atomic mass is 14.8. The fourth-order valence-corrected chi connectivity index (χ4v) is 1.78. The quantitative estimate of drug-likeness (QED) is 0.682. The molecule has 0 radical (unpaired) electrons. The van der Waals surface area contributed by atoms with Crippen LogP contribution in [-0.4, -0.2) is 15.0 Å². The average Bonchev–Trinajstić information content (AvgIpc) is 2.49. The number of hydrogen-bond donors (Lipinski definition) is 0. The molecule has 0 N–H and O–H groups in total. The van der Waals surface area contributed by atoms with Crippen molar-refractivity contribution in [2.75, 3.05) is 0 Å². The van der Waals surface area contributed by atoms with E-state index in [2.05, 4.69) is 15.0 Å². The second kappa shape index (κ2) is 4.75. The number of nitrogens with zero attached hydrogens (tertiary/aromatic N) is 3. The summed E-state index contributed by atoms with van der Waals surface area (Å²) < 4.78 is 0. The zero-order chi connectivity index (χ0) is 12.2. The highest BCUT2D eigenvalue weighted by molar-refractivity contribution is 5.63. The van der Waals surface area contributed by atoms with Crippen molar-refractivity contribution in [2.45, 2.75) is 0 Å². The minimum Gasteiger partial charge on any atom is -0.265 e. The van der Waals surface area contributed by atoms with Crippen molar-refractivity contribution in [2.24, 2.45) is 0 Å². The van der Waals surface area contributed by atoms with Gasteiger partial charge in [-0.3, -0.25) is 9.97 Å². The van der Waals surface area contributed by atoms with Crippen molar-refractivity contribution in [1.29, 1.82) is 0 Å². The van der Waals surface area contributed by atoms with Gasteiger partial charge < -0.3 is 0 Å². The largest absolute Gasteiger partial charge is 0.265 e. The Labute approximate surface area is 105 Å². The molecule has 0 fully saturated rings. The Morgan fingerprint density at radius 1 is 0.611 bits per heavy atom. The summed E-state index contributed by atoms with van der Waals surface area (Å²) in [5, 5.41) is 0. The minimum absolute atomic E-state index is 0.880. The summed E-state index contributed by atoms with van der Waals surface area (Å²) in [4.78, 5) is 12.9. The van der Waals surface area contributed by atoms with Gasteiger partial charge in [-0.05, 0) is 36.4 Å². The smallest absolute Gasteiger partial charge is 0.0893 e. The Morgan fingerprint density at radius 3 is 2.17 bits per heavy atom. The van der Waals surface area contributed by atoms with E-state index in [0.717, 1.165) is 22.6 Å². The van der Waals surface area contributed by atoms with Gasteiger partial charge in [0, 0.05) is 24.2 Å². The lowest BCUT2D eigenvalue weighted by molar-refractivity contribution is 1.24. The molecule has 3 rings (SSSR count). The van der Waals surface area contributed by atoms with Crippen molar-refractivity contribution >= 4 is 0 Å². The first-order valence-corrected chi connectivity index (χ1v) is 5.72. The second-order valence-corrected chi connectivity index (χ2v) is 3.86. The van der Waals surface area contributed by atoms with E-state index in [1.165, 1.54) is 0 Å². The Hall–Kier alpha value is -2.55. The summed E-state index contributed by atoms with van der Waals surface area (Å²) in [7, 11) is 0. The normalized spacial score (nSPS) is 10.2. The maximum absolute atomic E-state index is 4.62. The zero-order valence-corrected chi connectivity index (χ0v) is 9.69. The first kappa shape index (κ1) is 10.6. The maximum Gasteiger partial charge on any atom is 0.0893 e. The van der Waals surface area contributed by atoms with Gasteiger partial charge >= 0.3 is 0 Å². The molecule has 0 saturated heterocycles. The number of aromatic nitrogens is 3. The first-order chi connectivity index (χ1) is 8.93. The molecule has 3 aromatic rings. The van der Waals surface area contributed by atoms with Crippen LogP contribution in [0.4, 0.5) is 0 Å². The van der Waals surface area contributed by atoms with E-state index < -0.39 is 0 Å². The van der Waals surface area contributed by atoms with Crippen molar-refractivity contribution in [3.8, 4) is 22.6 Å². The summed E-state index contributed by atoms with van der Waals surface area (Å²) in [5.74, 6) is 0. The molecule has 3 aromatic heterocycles. The van der Waals surface area contributed by atoms with E-state index >= 15 is 0 Å². The van der Waals surface area contributed by atoms with Crippen molar-refractivity contribution in [3.05, 3.63) is 67.1 Å². The molecule has 3 heteroatoms. The Balaban J connectivity index is 2.05. The fraction of sp³-hybridized carbons (Fsp3) is 0. The molecule has 3 heterocycles. The molecule has 0 aromatic carbocycles. The summed E-state index contributed by atoms with van der Waals surface area (Å²) in [6, 6.07) is 15.7. The van der Waals surface area contributed by atoms with Gasteiger partial charge in [0.05, 0.1) is 17.1 Å². The highest BCUT2D eigenvalue weighted by Gasteiger charge is 2.03. The highest BCUT2D eigenvalue weighted by Crippen LogP contribution is 2.20. The fourth-order valence-electron chi connectivity index (χ4n) is 1.78. The van der Waals surface area contributed by atoms with Gasteiger partial charge in [-0.15, -0.1) is 0 Å². The van der Waals surface area contributed by atoms with Crippen LogP contribution < -0.4 is 0 Å². The topological polar surface area (TPSA) is 38.7 Å². The van der Waals surface area contributed by atoms with Crippen LogP contribution >= 0.6 is 0 Å². The molecule has 0 saturated carbocycles. The third-order valence-corrected chi connectivity index (χ3v) is 2.65. The molecule has 0 spiro atoms. The minimum atomic E-state index is 0.880. The standard InChI is InChI=1S/C15H11N3/c1-2-9-17-14(4-1)15-6-3-5-13(18-15)12-7-10-16-11-8-12/h1-11H. The molecular weight excluding hydrogens is 222 g/mol. The predicted octanol–water partition coefficient (Wildman–Crippen LogP) is 3.21. The van der Waals surface area contributed by atoms with Gasteiger partial charge in [0.2, 0.25) is 0 Å². The van der Waals surface area contributed by atoms with Crippen LogP contribution in [-0.2, 0) is 0 Å². The third kappa shape index (κ3) is 2.11. The number of rotatable bonds is 2. The van der Waals surface area contributed by atoms with Crippen molar-refractivity contribution in [1.82, 2.24) is 15.0 Å². The monoisotopic (exact) mass is 233 g/mol. The molecule has 86 valence electrons. The van der Waals surface area contributed by atoms with E-state index in [9.17, 15) is 0 Å². The summed E-state index contributed by atoms with van der Waals surface area (Å²) in [6.45, 7) is 0. The van der Waals surface area contributed by atoms with Gasteiger partial charge in [0.1, 0.15) is 0 Å². The molecule has 0 atom stereocenters. The first-order valence-electron chi connectivity index (χ1n) is 5.72.